The second-order valence-corrected chi connectivity index (χ2v) is 20.5. The molecule has 0 N–H and O–H groups in total. The number of aryl methyl sites for hydroxylation is 6. The molecule has 0 spiro atoms. The number of fused-ring (bicyclic) bond motifs is 13. The first-order valence-electron chi connectivity index (χ1n) is 36.1. The molecule has 0 heterocycles. The molecule has 0 aliphatic carbocycles. The second-order valence-electron chi connectivity index (χ2n) is 20.5. The summed E-state index contributed by atoms with van der Waals surface area (Å²) in [4.78, 5) is 0. The van der Waals surface area contributed by atoms with E-state index >= 15 is 0 Å². The Morgan fingerprint density at radius 1 is 0.125 bits per heavy atom. The predicted molar refractivity (Wildman–Crippen MR) is 447 cm³/mol. The largest absolute Gasteiger partial charge is 0.0683 e. The van der Waals surface area contributed by atoms with Gasteiger partial charge in [0, 0.05) is 0 Å². The molecule has 0 aliphatic heterocycles. The van der Waals surface area contributed by atoms with Crippen LogP contribution < -0.4 is 0 Å². The van der Waals surface area contributed by atoms with Crippen molar-refractivity contribution in [2.24, 2.45) is 0 Å². The van der Waals surface area contributed by atoms with E-state index < -0.39 is 0 Å². The summed E-state index contributed by atoms with van der Waals surface area (Å²) in [6.45, 7) is 48.8. The van der Waals surface area contributed by atoms with Gasteiger partial charge in [-0.25, -0.2) is 0 Å². The summed E-state index contributed by atoms with van der Waals surface area (Å²) >= 11 is 0. The van der Waals surface area contributed by atoms with E-state index in [0.29, 0.717) is 0 Å². The monoisotopic (exact) mass is 1270 g/mol. The maximum Gasteiger partial charge on any atom is -0.00963 e. The zero-order chi connectivity index (χ0) is 71.8. The fourth-order valence-corrected chi connectivity index (χ4v) is 10.4. The van der Waals surface area contributed by atoms with E-state index in [0.717, 1.165) is 0 Å². The Balaban J connectivity index is 0.000000558. The van der Waals surface area contributed by atoms with Gasteiger partial charge in [0.05, 0.1) is 0 Å². The van der Waals surface area contributed by atoms with E-state index in [9.17, 15) is 0 Å². The van der Waals surface area contributed by atoms with Crippen LogP contribution in [0, 0.1) is 41.5 Å². The van der Waals surface area contributed by atoms with Gasteiger partial charge in [-0.3, -0.25) is 0 Å². The summed E-state index contributed by atoms with van der Waals surface area (Å²) in [6.07, 6.45) is 0. The number of benzene rings is 15. The molecule has 0 atom stereocenters. The molecule has 15 rings (SSSR count). The van der Waals surface area contributed by atoms with Crippen molar-refractivity contribution in [2.45, 2.75) is 166 Å². The molecule has 0 bridgehead atoms. The van der Waals surface area contributed by atoms with E-state index in [1.54, 1.807) is 0 Å². The lowest BCUT2D eigenvalue weighted by Crippen LogP contribution is -1.83. The van der Waals surface area contributed by atoms with E-state index in [1.165, 1.54) is 130 Å². The highest BCUT2D eigenvalue weighted by atomic mass is 14.1. The van der Waals surface area contributed by atoms with Crippen molar-refractivity contribution in [1.29, 1.82) is 0 Å². The number of hydrogen-bond donors (Lipinski definition) is 0. The van der Waals surface area contributed by atoms with Gasteiger partial charge in [0.1, 0.15) is 0 Å². The summed E-state index contributed by atoms with van der Waals surface area (Å²) < 4.78 is 0. The third kappa shape index (κ3) is 25.7. The Morgan fingerprint density at radius 3 is 0.833 bits per heavy atom. The SMILES string of the molecule is CC.CC.CC.CC.CC.CC.CC.CC.CC.Cc1ccc2c3ccccc3c3ccccc3c2c1.Cc1ccc2cc3ccccc3cc2c1.Cc1ccc2ccc3ccccc3c2c1.Cc1ccc2ccccc2c1.Cc1cccc2ccccc12.Cc1ccccc1. The highest BCUT2D eigenvalue weighted by Gasteiger charge is 2.08. The molecule has 15 aromatic carbocycles. The topological polar surface area (TPSA) is 0 Å². The van der Waals surface area contributed by atoms with Crippen molar-refractivity contribution in [3.8, 4) is 0 Å². The van der Waals surface area contributed by atoms with Crippen LogP contribution in [0.2, 0.25) is 0 Å². The van der Waals surface area contributed by atoms with Gasteiger partial charge in [-0.05, 0) is 156 Å². The Bertz CT molecular complexity index is 4450. The van der Waals surface area contributed by atoms with Crippen LogP contribution in [0.5, 0.6) is 0 Å². The van der Waals surface area contributed by atoms with Crippen LogP contribution in [0.25, 0.3) is 97.0 Å². The number of hydrogen-bond acceptors (Lipinski definition) is 0. The van der Waals surface area contributed by atoms with Crippen molar-refractivity contribution in [3.05, 3.63) is 325 Å². The molecule has 0 aromatic heterocycles. The van der Waals surface area contributed by atoms with E-state index in [2.05, 4.69) is 315 Å². The summed E-state index contributed by atoms with van der Waals surface area (Å²) in [5.74, 6) is 0. The Morgan fingerprint density at radius 2 is 0.385 bits per heavy atom. The highest BCUT2D eigenvalue weighted by molar-refractivity contribution is 6.25. The third-order valence-corrected chi connectivity index (χ3v) is 14.5. The third-order valence-electron chi connectivity index (χ3n) is 14.5. The van der Waals surface area contributed by atoms with Gasteiger partial charge in [-0.15, -0.1) is 0 Å². The molecule has 96 heavy (non-hydrogen) atoms. The number of rotatable bonds is 0. The van der Waals surface area contributed by atoms with Crippen LogP contribution in [0.15, 0.2) is 291 Å². The average molecular weight is 1270 g/mol. The Kier molecular flexibility index (Phi) is 44.2. The van der Waals surface area contributed by atoms with Crippen molar-refractivity contribution >= 4 is 97.0 Å². The standard InChI is InChI=1S/C19H14.2C15H12.2C11H10.C7H8.9C2H6/c1-13-10-11-18-16-8-3-2-6-14(16)15-7-4-5-9-17(15)19(18)12-13;1-11-6-7-14-9-12-4-2-3-5-13(12)10-15(14)8-11;1-11-6-7-13-9-8-12-4-2-3-5-14(12)15(13)10-11;1-9-5-4-7-10-6-2-3-8-11(9)10;1-9-6-7-10-4-2-3-5-11(10)8-9;1-7-5-3-2-4-6-7;9*1-2/h2-12H,1H3;2*2-10H,1H3;2*2-8H,1H3;2-6H,1H3;9*1-2H3. The fourth-order valence-electron chi connectivity index (χ4n) is 10.4. The minimum Gasteiger partial charge on any atom is -0.0683 e. The van der Waals surface area contributed by atoms with Gasteiger partial charge >= 0.3 is 0 Å². The van der Waals surface area contributed by atoms with Gasteiger partial charge in [0.25, 0.3) is 0 Å². The van der Waals surface area contributed by atoms with Crippen LogP contribution in [0.3, 0.4) is 0 Å². The zero-order valence-corrected chi connectivity index (χ0v) is 63.7. The molecular formula is C96H120. The fraction of sp³-hybridized carbons (Fsp3) is 0.250. The summed E-state index contributed by atoms with van der Waals surface area (Å²) in [6, 6.07) is 103. The first kappa shape index (κ1) is 84.7. The van der Waals surface area contributed by atoms with Crippen molar-refractivity contribution in [2.75, 3.05) is 0 Å². The molecule has 0 heteroatoms. The summed E-state index contributed by atoms with van der Waals surface area (Å²) in [5, 5.41) is 24.0. The minimum atomic E-state index is 1.31. The summed E-state index contributed by atoms with van der Waals surface area (Å²) in [7, 11) is 0. The van der Waals surface area contributed by atoms with Gasteiger partial charge in [-0.2, -0.15) is 0 Å². The van der Waals surface area contributed by atoms with Gasteiger partial charge in [-0.1, -0.05) is 431 Å². The lowest BCUT2D eigenvalue weighted by atomic mass is 9.93. The lowest BCUT2D eigenvalue weighted by Gasteiger charge is -2.10. The Labute approximate surface area is 584 Å². The van der Waals surface area contributed by atoms with E-state index in [1.807, 2.05) is 143 Å². The molecule has 0 nitrogen and oxygen atoms in total. The predicted octanol–water partition coefficient (Wildman–Crippen LogP) is 31.6. The quantitative estimate of drug-likeness (QED) is 0.105. The molecule has 0 saturated heterocycles. The van der Waals surface area contributed by atoms with Crippen LogP contribution >= 0.6 is 0 Å². The average Bonchev–Trinajstić information content (AvgIpc) is 0.754. The zero-order valence-electron chi connectivity index (χ0n) is 63.7. The molecule has 0 aliphatic rings. The molecule has 0 unspecified atom stereocenters. The van der Waals surface area contributed by atoms with E-state index in [4.69, 9.17) is 0 Å². The second kappa shape index (κ2) is 50.1. The molecule has 504 valence electrons. The normalized spacial score (nSPS) is 9.25. The lowest BCUT2D eigenvalue weighted by molar-refractivity contribution is 1.48. The van der Waals surface area contributed by atoms with Crippen LogP contribution in [-0.4, -0.2) is 0 Å². The van der Waals surface area contributed by atoms with Crippen molar-refractivity contribution in [1.82, 2.24) is 0 Å². The van der Waals surface area contributed by atoms with Crippen molar-refractivity contribution in [3.63, 3.8) is 0 Å². The smallest absolute Gasteiger partial charge is 0.00963 e. The van der Waals surface area contributed by atoms with Gasteiger partial charge < -0.3 is 0 Å². The van der Waals surface area contributed by atoms with Crippen LogP contribution in [-0.2, 0) is 0 Å². The molecule has 15 aromatic rings. The van der Waals surface area contributed by atoms with Crippen LogP contribution in [0.1, 0.15) is 158 Å². The highest BCUT2D eigenvalue weighted by Crippen LogP contribution is 2.35. The summed E-state index contributed by atoms with van der Waals surface area (Å²) in [5.41, 5.74) is 7.94. The minimum absolute atomic E-state index is 1.31. The van der Waals surface area contributed by atoms with E-state index in [-0.39, 0.29) is 0 Å². The van der Waals surface area contributed by atoms with Crippen molar-refractivity contribution < 1.29 is 0 Å². The maximum atomic E-state index is 2.30. The molecular weight excluding hydrogens is 1150 g/mol. The first-order chi connectivity index (χ1) is 47.1. The first-order valence-corrected chi connectivity index (χ1v) is 36.1. The molecule has 0 amide bonds. The molecule has 0 fully saturated rings. The Hall–Kier alpha value is -9.36. The van der Waals surface area contributed by atoms with Crippen LogP contribution in [0.4, 0.5) is 0 Å². The van der Waals surface area contributed by atoms with Gasteiger partial charge in [0.2, 0.25) is 0 Å². The molecule has 0 radical (unpaired) electrons. The maximum absolute atomic E-state index is 2.30. The van der Waals surface area contributed by atoms with Gasteiger partial charge in [0.15, 0.2) is 0 Å². The molecule has 0 saturated carbocycles.